The van der Waals surface area contributed by atoms with E-state index in [1.54, 1.807) is 6.33 Å². The van der Waals surface area contributed by atoms with E-state index >= 15 is 0 Å². The van der Waals surface area contributed by atoms with Crippen LogP contribution in [0, 0.1) is 5.92 Å². The third-order valence-electron chi connectivity index (χ3n) is 2.32. The van der Waals surface area contributed by atoms with E-state index in [0.29, 0.717) is 0 Å². The molecule has 1 aromatic rings. The number of fused-ring (bicyclic) bond motifs is 1. The van der Waals surface area contributed by atoms with Crippen LogP contribution in [0.3, 0.4) is 0 Å². The molecular weight excluding hydrogens is 136 g/mol. The Morgan fingerprint density at radius 1 is 1.55 bits per heavy atom. The van der Waals surface area contributed by atoms with Gasteiger partial charge in [0.15, 0.2) is 0 Å². The van der Waals surface area contributed by atoms with Gasteiger partial charge >= 0.3 is 0 Å². The molecule has 0 amide bonds. The van der Waals surface area contributed by atoms with Crippen LogP contribution in [0.4, 0.5) is 0 Å². The van der Waals surface area contributed by atoms with Gasteiger partial charge in [-0.2, -0.15) is 0 Å². The molecule has 1 aromatic heterocycles. The standard InChI is InChI=1S/C9H12N2/c1-7-2-3-9-8(4-7)5-10-6-11-9/h5-7H,2-4H2,1H3. The largest absolute Gasteiger partial charge is 0.245 e. The second-order valence-electron chi connectivity index (χ2n) is 3.34. The third-order valence-corrected chi connectivity index (χ3v) is 2.32. The maximum absolute atomic E-state index is 4.24. The van der Waals surface area contributed by atoms with Gasteiger partial charge in [0, 0.05) is 11.9 Å². The summed E-state index contributed by atoms with van der Waals surface area (Å²) in [5.41, 5.74) is 2.62. The minimum atomic E-state index is 0.813. The molecule has 1 aliphatic carbocycles. The zero-order valence-electron chi connectivity index (χ0n) is 6.75. The molecule has 1 unspecified atom stereocenters. The fraction of sp³-hybridized carbons (Fsp3) is 0.556. The van der Waals surface area contributed by atoms with Gasteiger partial charge in [0.1, 0.15) is 6.33 Å². The van der Waals surface area contributed by atoms with Crippen molar-refractivity contribution < 1.29 is 0 Å². The van der Waals surface area contributed by atoms with Crippen LogP contribution >= 0.6 is 0 Å². The average molecular weight is 148 g/mol. The minimum absolute atomic E-state index is 0.813. The van der Waals surface area contributed by atoms with Crippen molar-refractivity contribution in [3.63, 3.8) is 0 Å². The highest BCUT2D eigenvalue weighted by atomic mass is 14.8. The molecule has 1 aliphatic rings. The van der Waals surface area contributed by atoms with Gasteiger partial charge in [0.05, 0.1) is 0 Å². The number of aryl methyl sites for hydroxylation is 1. The number of rotatable bonds is 0. The zero-order chi connectivity index (χ0) is 7.68. The lowest BCUT2D eigenvalue weighted by atomic mass is 9.89. The molecule has 11 heavy (non-hydrogen) atoms. The van der Waals surface area contributed by atoms with Gasteiger partial charge in [0.25, 0.3) is 0 Å². The first-order chi connectivity index (χ1) is 5.36. The SMILES string of the molecule is CC1CCc2ncncc2C1. The highest BCUT2D eigenvalue weighted by molar-refractivity contribution is 5.19. The Kier molecular flexibility index (Phi) is 1.60. The Morgan fingerprint density at radius 2 is 2.45 bits per heavy atom. The van der Waals surface area contributed by atoms with Gasteiger partial charge in [-0.25, -0.2) is 9.97 Å². The summed E-state index contributed by atoms with van der Waals surface area (Å²) in [5, 5.41) is 0. The van der Waals surface area contributed by atoms with E-state index in [2.05, 4.69) is 16.9 Å². The van der Waals surface area contributed by atoms with Gasteiger partial charge in [-0.05, 0) is 30.7 Å². The number of hydrogen-bond donors (Lipinski definition) is 0. The first-order valence-corrected chi connectivity index (χ1v) is 4.14. The van der Waals surface area contributed by atoms with Crippen molar-refractivity contribution in [3.8, 4) is 0 Å². The molecule has 58 valence electrons. The maximum atomic E-state index is 4.24. The summed E-state index contributed by atoms with van der Waals surface area (Å²) >= 11 is 0. The molecular formula is C9H12N2. The van der Waals surface area contributed by atoms with E-state index in [-0.39, 0.29) is 0 Å². The molecule has 0 saturated carbocycles. The summed E-state index contributed by atoms with van der Waals surface area (Å²) < 4.78 is 0. The molecule has 1 atom stereocenters. The predicted molar refractivity (Wildman–Crippen MR) is 43.2 cm³/mol. The van der Waals surface area contributed by atoms with Crippen molar-refractivity contribution in [3.05, 3.63) is 23.8 Å². The van der Waals surface area contributed by atoms with E-state index in [9.17, 15) is 0 Å². The highest BCUT2D eigenvalue weighted by Gasteiger charge is 2.15. The molecule has 0 spiro atoms. The quantitative estimate of drug-likeness (QED) is 0.558. The number of nitrogens with zero attached hydrogens (tertiary/aromatic N) is 2. The molecule has 2 heteroatoms. The normalized spacial score (nSPS) is 22.8. The second-order valence-corrected chi connectivity index (χ2v) is 3.34. The van der Waals surface area contributed by atoms with Crippen molar-refractivity contribution in [2.24, 2.45) is 5.92 Å². The fourth-order valence-corrected chi connectivity index (χ4v) is 1.64. The van der Waals surface area contributed by atoms with Crippen LogP contribution in [0.5, 0.6) is 0 Å². The van der Waals surface area contributed by atoms with Crippen molar-refractivity contribution in [1.29, 1.82) is 0 Å². The minimum Gasteiger partial charge on any atom is -0.245 e. The zero-order valence-corrected chi connectivity index (χ0v) is 6.75. The Morgan fingerprint density at radius 3 is 3.36 bits per heavy atom. The van der Waals surface area contributed by atoms with Crippen LogP contribution in [-0.4, -0.2) is 9.97 Å². The summed E-state index contributed by atoms with van der Waals surface area (Å²) in [4.78, 5) is 8.26. The Hall–Kier alpha value is -0.920. The van der Waals surface area contributed by atoms with Crippen LogP contribution in [0.25, 0.3) is 0 Å². The van der Waals surface area contributed by atoms with Crippen molar-refractivity contribution >= 4 is 0 Å². The van der Waals surface area contributed by atoms with Crippen molar-refractivity contribution in [2.45, 2.75) is 26.2 Å². The molecule has 0 fully saturated rings. The highest BCUT2D eigenvalue weighted by Crippen LogP contribution is 2.21. The number of aromatic nitrogens is 2. The van der Waals surface area contributed by atoms with Crippen molar-refractivity contribution in [1.82, 2.24) is 9.97 Å². The smallest absolute Gasteiger partial charge is 0.115 e. The lowest BCUT2D eigenvalue weighted by Gasteiger charge is -2.18. The molecule has 0 radical (unpaired) electrons. The summed E-state index contributed by atoms with van der Waals surface area (Å²) in [6.45, 7) is 2.29. The van der Waals surface area contributed by atoms with Crippen LogP contribution in [0.15, 0.2) is 12.5 Å². The van der Waals surface area contributed by atoms with Crippen LogP contribution < -0.4 is 0 Å². The van der Waals surface area contributed by atoms with E-state index in [1.165, 1.54) is 17.7 Å². The molecule has 1 heterocycles. The first kappa shape index (κ1) is 6.77. The van der Waals surface area contributed by atoms with E-state index in [1.807, 2.05) is 6.20 Å². The molecule has 0 N–H and O–H groups in total. The lowest BCUT2D eigenvalue weighted by Crippen LogP contribution is -2.12. The van der Waals surface area contributed by atoms with Gasteiger partial charge in [-0.15, -0.1) is 0 Å². The van der Waals surface area contributed by atoms with Gasteiger partial charge in [0.2, 0.25) is 0 Å². The maximum Gasteiger partial charge on any atom is 0.115 e. The summed E-state index contributed by atoms with van der Waals surface area (Å²) in [5.74, 6) is 0.813. The Bertz CT molecular complexity index is 257. The van der Waals surface area contributed by atoms with Crippen LogP contribution in [0.1, 0.15) is 24.6 Å². The molecule has 0 aromatic carbocycles. The summed E-state index contributed by atoms with van der Waals surface area (Å²) in [6.07, 6.45) is 7.19. The predicted octanol–water partition coefficient (Wildman–Crippen LogP) is 1.60. The van der Waals surface area contributed by atoms with Gasteiger partial charge in [-0.3, -0.25) is 0 Å². The summed E-state index contributed by atoms with van der Waals surface area (Å²) in [7, 11) is 0. The van der Waals surface area contributed by atoms with Crippen LogP contribution in [0.2, 0.25) is 0 Å². The van der Waals surface area contributed by atoms with Crippen LogP contribution in [-0.2, 0) is 12.8 Å². The Labute approximate surface area is 66.7 Å². The number of hydrogen-bond acceptors (Lipinski definition) is 2. The van der Waals surface area contributed by atoms with E-state index < -0.39 is 0 Å². The molecule has 0 bridgehead atoms. The van der Waals surface area contributed by atoms with Crippen molar-refractivity contribution in [2.75, 3.05) is 0 Å². The topological polar surface area (TPSA) is 25.8 Å². The fourth-order valence-electron chi connectivity index (χ4n) is 1.64. The van der Waals surface area contributed by atoms with Gasteiger partial charge in [-0.1, -0.05) is 6.92 Å². The Balaban J connectivity index is 2.34. The van der Waals surface area contributed by atoms with E-state index in [0.717, 1.165) is 18.8 Å². The van der Waals surface area contributed by atoms with E-state index in [4.69, 9.17) is 0 Å². The summed E-state index contributed by atoms with van der Waals surface area (Å²) in [6, 6.07) is 0. The molecule has 2 rings (SSSR count). The third kappa shape index (κ3) is 1.25. The molecule has 2 nitrogen and oxygen atoms in total. The average Bonchev–Trinajstić information content (AvgIpc) is 2.04. The lowest BCUT2D eigenvalue weighted by molar-refractivity contribution is 0.492. The van der Waals surface area contributed by atoms with Gasteiger partial charge < -0.3 is 0 Å². The second kappa shape index (κ2) is 2.61. The first-order valence-electron chi connectivity index (χ1n) is 4.14. The monoisotopic (exact) mass is 148 g/mol. The molecule has 0 aliphatic heterocycles. The molecule has 0 saturated heterocycles.